The van der Waals surface area contributed by atoms with Gasteiger partial charge >= 0.3 is 5.97 Å². The van der Waals surface area contributed by atoms with Crippen molar-refractivity contribution in [2.75, 3.05) is 17.6 Å². The molecule has 3 rings (SSSR count). The maximum absolute atomic E-state index is 13.2. The number of nitrogens with one attached hydrogen (secondary N) is 2. The summed E-state index contributed by atoms with van der Waals surface area (Å²) in [5, 5.41) is 3.08. The number of anilines is 1. The molecular weight excluding hydrogens is 464 g/mol. The maximum atomic E-state index is 13.2. The predicted octanol–water partition coefficient (Wildman–Crippen LogP) is 4.36. The van der Waals surface area contributed by atoms with Crippen LogP contribution in [0.2, 0.25) is 0 Å². The van der Waals surface area contributed by atoms with Crippen LogP contribution in [0.1, 0.15) is 69.3 Å². The van der Waals surface area contributed by atoms with Crippen molar-refractivity contribution in [3.05, 3.63) is 64.7 Å². The number of hydrogen-bond acceptors (Lipinski definition) is 5. The van der Waals surface area contributed by atoms with Gasteiger partial charge in [0.2, 0.25) is 15.9 Å². The molecule has 2 aromatic rings. The van der Waals surface area contributed by atoms with E-state index in [2.05, 4.69) is 42.9 Å². The first-order valence-corrected chi connectivity index (χ1v) is 13.6. The van der Waals surface area contributed by atoms with Crippen LogP contribution in [0.3, 0.4) is 0 Å². The molecule has 1 aliphatic rings. The van der Waals surface area contributed by atoms with Crippen LogP contribution < -0.4 is 10.0 Å². The Labute approximate surface area is 208 Å². The molecule has 3 atom stereocenters. The first-order chi connectivity index (χ1) is 16.1. The lowest BCUT2D eigenvalue weighted by Gasteiger charge is -2.23. The molecule has 8 heteroatoms. The summed E-state index contributed by atoms with van der Waals surface area (Å²) in [6.07, 6.45) is 1.71. The second kappa shape index (κ2) is 9.64. The molecule has 0 heterocycles. The van der Waals surface area contributed by atoms with E-state index >= 15 is 0 Å². The van der Waals surface area contributed by atoms with Crippen LogP contribution in [0.5, 0.6) is 0 Å². The predicted molar refractivity (Wildman–Crippen MR) is 138 cm³/mol. The quantitative estimate of drug-likeness (QED) is 0.525. The van der Waals surface area contributed by atoms with Gasteiger partial charge in [0.25, 0.3) is 0 Å². The highest BCUT2D eigenvalue weighted by Gasteiger charge is 2.60. The van der Waals surface area contributed by atoms with Crippen LogP contribution >= 0.6 is 0 Å². The molecule has 0 aliphatic heterocycles. The molecule has 1 saturated carbocycles. The second-order valence-electron chi connectivity index (χ2n) is 10.7. The molecular formula is C27H36N2O5S. The summed E-state index contributed by atoms with van der Waals surface area (Å²) >= 11 is 0. The summed E-state index contributed by atoms with van der Waals surface area (Å²) < 4.78 is 31.0. The molecule has 35 heavy (non-hydrogen) atoms. The van der Waals surface area contributed by atoms with Crippen LogP contribution in [0.15, 0.2) is 42.5 Å². The second-order valence-corrected chi connectivity index (χ2v) is 12.4. The number of benzene rings is 2. The minimum Gasteiger partial charge on any atom is -0.465 e. The highest BCUT2D eigenvalue weighted by Crippen LogP contribution is 2.55. The third-order valence-corrected chi connectivity index (χ3v) is 7.25. The smallest absolute Gasteiger partial charge is 0.302 e. The van der Waals surface area contributed by atoms with Gasteiger partial charge in [-0.2, -0.15) is 0 Å². The van der Waals surface area contributed by atoms with E-state index in [0.29, 0.717) is 12.1 Å². The van der Waals surface area contributed by atoms with E-state index < -0.39 is 15.4 Å². The fraction of sp³-hybridized carbons (Fsp3) is 0.481. The molecule has 0 bridgehead atoms. The highest BCUT2D eigenvalue weighted by atomic mass is 32.2. The maximum Gasteiger partial charge on any atom is 0.302 e. The zero-order chi connectivity index (χ0) is 26.2. The molecule has 0 spiro atoms. The average Bonchev–Trinajstić information content (AvgIpc) is 3.48. The number of carbonyl (C=O) groups is 2. The minimum absolute atomic E-state index is 0.0157. The van der Waals surface area contributed by atoms with Gasteiger partial charge in [-0.05, 0) is 54.0 Å². The van der Waals surface area contributed by atoms with Gasteiger partial charge in [-0.1, -0.05) is 57.2 Å². The van der Waals surface area contributed by atoms with E-state index in [1.54, 1.807) is 12.1 Å². The van der Waals surface area contributed by atoms with Gasteiger partial charge in [0.1, 0.15) is 6.61 Å². The lowest BCUT2D eigenvalue weighted by molar-refractivity contribution is -0.142. The third-order valence-electron chi connectivity index (χ3n) is 6.66. The molecule has 1 fully saturated rings. The molecule has 2 N–H and O–H groups in total. The van der Waals surface area contributed by atoms with Crippen LogP contribution in [0, 0.1) is 12.8 Å². The van der Waals surface area contributed by atoms with Crippen molar-refractivity contribution in [3.63, 3.8) is 0 Å². The monoisotopic (exact) mass is 500 g/mol. The Morgan fingerprint density at radius 3 is 2.29 bits per heavy atom. The van der Waals surface area contributed by atoms with Crippen molar-refractivity contribution < 1.29 is 22.7 Å². The van der Waals surface area contributed by atoms with Gasteiger partial charge < -0.3 is 10.1 Å². The Morgan fingerprint density at radius 1 is 1.14 bits per heavy atom. The molecule has 2 aromatic carbocycles. The van der Waals surface area contributed by atoms with E-state index in [1.165, 1.54) is 12.5 Å². The fourth-order valence-corrected chi connectivity index (χ4v) is 5.04. The molecule has 2 unspecified atom stereocenters. The van der Waals surface area contributed by atoms with Gasteiger partial charge in [0.05, 0.1) is 23.9 Å². The Kier molecular flexibility index (Phi) is 7.37. The molecule has 0 radical (unpaired) electrons. The lowest BCUT2D eigenvalue weighted by Crippen LogP contribution is -2.32. The van der Waals surface area contributed by atoms with Crippen molar-refractivity contribution in [3.8, 4) is 0 Å². The van der Waals surface area contributed by atoms with Gasteiger partial charge in [0, 0.05) is 12.3 Å². The molecule has 7 nitrogen and oxygen atoms in total. The number of amides is 1. The van der Waals surface area contributed by atoms with E-state index in [-0.39, 0.29) is 35.9 Å². The van der Waals surface area contributed by atoms with E-state index in [4.69, 9.17) is 4.74 Å². The van der Waals surface area contributed by atoms with Crippen molar-refractivity contribution in [2.24, 2.45) is 5.92 Å². The molecule has 190 valence electrons. The topological polar surface area (TPSA) is 102 Å². The Balaban J connectivity index is 1.76. The van der Waals surface area contributed by atoms with E-state index in [0.717, 1.165) is 22.9 Å². The fourth-order valence-electron chi connectivity index (χ4n) is 4.41. The van der Waals surface area contributed by atoms with Crippen molar-refractivity contribution in [1.82, 2.24) is 5.32 Å². The number of carbonyl (C=O) groups excluding carboxylic acids is 2. The Hall–Kier alpha value is -2.87. The summed E-state index contributed by atoms with van der Waals surface area (Å²) in [6.45, 7) is 11.7. The van der Waals surface area contributed by atoms with Crippen molar-refractivity contribution in [1.29, 1.82) is 0 Å². The standard InChI is InChI=1S/C27H36N2O5S/c1-17-14-20(8-13-24(17)29-35(7,32)33)18(2)28-25(31)23-15-27(23,16-34-19(3)30)22-11-9-21(10-12-22)26(4,5)6/h8-14,18,23,29H,15-16H2,1-7H3,(H,28,31)/t18-,23?,27?/m1/s1. The normalized spacial score (nSPS) is 20.6. The zero-order valence-corrected chi connectivity index (χ0v) is 22.4. The molecule has 0 saturated heterocycles. The highest BCUT2D eigenvalue weighted by molar-refractivity contribution is 7.92. The van der Waals surface area contributed by atoms with E-state index in [1.807, 2.05) is 32.0 Å². The van der Waals surface area contributed by atoms with Crippen LogP contribution in [0.4, 0.5) is 5.69 Å². The summed E-state index contributed by atoms with van der Waals surface area (Å²) in [6, 6.07) is 13.3. The summed E-state index contributed by atoms with van der Waals surface area (Å²) in [5.41, 5.74) is 3.82. The first kappa shape index (κ1) is 26.7. The number of aryl methyl sites for hydroxylation is 1. The minimum atomic E-state index is -3.37. The number of hydrogen-bond donors (Lipinski definition) is 2. The van der Waals surface area contributed by atoms with Crippen LogP contribution in [-0.4, -0.2) is 33.2 Å². The van der Waals surface area contributed by atoms with Crippen LogP contribution in [0.25, 0.3) is 0 Å². The van der Waals surface area contributed by atoms with Crippen molar-refractivity contribution >= 4 is 27.6 Å². The van der Waals surface area contributed by atoms with Crippen LogP contribution in [-0.2, 0) is 35.2 Å². The number of ether oxygens (including phenoxy) is 1. The van der Waals surface area contributed by atoms with Gasteiger partial charge in [-0.15, -0.1) is 0 Å². The van der Waals surface area contributed by atoms with Gasteiger partial charge in [-0.25, -0.2) is 8.42 Å². The van der Waals surface area contributed by atoms with E-state index in [9.17, 15) is 18.0 Å². The lowest BCUT2D eigenvalue weighted by atomic mass is 9.84. The Bertz CT molecular complexity index is 1220. The summed E-state index contributed by atoms with van der Waals surface area (Å²) in [4.78, 5) is 24.8. The molecule has 0 aromatic heterocycles. The average molecular weight is 501 g/mol. The zero-order valence-electron chi connectivity index (χ0n) is 21.6. The number of sulfonamides is 1. The summed E-state index contributed by atoms with van der Waals surface area (Å²) in [7, 11) is -3.37. The largest absolute Gasteiger partial charge is 0.465 e. The number of rotatable bonds is 8. The third kappa shape index (κ3) is 6.42. The number of esters is 1. The van der Waals surface area contributed by atoms with Gasteiger partial charge in [0.15, 0.2) is 0 Å². The first-order valence-electron chi connectivity index (χ1n) is 11.8. The SMILES string of the molecule is CC(=O)OCC1(c2ccc(C(C)(C)C)cc2)CC1C(=O)N[C@H](C)c1ccc(NS(C)(=O)=O)c(C)c1. The van der Waals surface area contributed by atoms with Crippen molar-refractivity contribution in [2.45, 2.75) is 64.8 Å². The molecule has 1 amide bonds. The Morgan fingerprint density at radius 2 is 1.77 bits per heavy atom. The van der Waals surface area contributed by atoms with Gasteiger partial charge in [-0.3, -0.25) is 14.3 Å². The summed E-state index contributed by atoms with van der Waals surface area (Å²) in [5.74, 6) is -0.772. The molecule has 1 aliphatic carbocycles.